The number of hydrogen-bond donors (Lipinski definition) is 1. The number of hydrogen-bond acceptors (Lipinski definition) is 5. The zero-order valence-electron chi connectivity index (χ0n) is 13.4. The number of alkyl halides is 3. The topological polar surface area (TPSA) is 51.6 Å². The van der Waals surface area contributed by atoms with Crippen molar-refractivity contribution < 1.29 is 27.8 Å². The molecule has 2 heterocycles. The second-order valence-electron chi connectivity index (χ2n) is 5.73. The van der Waals surface area contributed by atoms with Gasteiger partial charge in [-0.15, -0.1) is 11.3 Å². The molecule has 1 unspecified atom stereocenters. The van der Waals surface area contributed by atoms with Gasteiger partial charge >= 0.3 is 6.18 Å². The van der Waals surface area contributed by atoms with Gasteiger partial charge in [-0.1, -0.05) is 12.1 Å². The molecule has 136 valence electrons. The van der Waals surface area contributed by atoms with Crippen molar-refractivity contribution >= 4 is 11.3 Å². The van der Waals surface area contributed by atoms with Gasteiger partial charge in [-0.05, 0) is 31.4 Å². The lowest BCUT2D eigenvalue weighted by atomic mass is 10.1. The zero-order chi connectivity index (χ0) is 17.9. The van der Waals surface area contributed by atoms with Crippen LogP contribution in [0.3, 0.4) is 0 Å². The highest BCUT2D eigenvalue weighted by molar-refractivity contribution is 7.15. The quantitative estimate of drug-likeness (QED) is 0.846. The molecule has 1 N–H and O–H groups in total. The summed E-state index contributed by atoms with van der Waals surface area (Å²) in [5.41, 5.74) is 0.183. The molecule has 1 aliphatic heterocycles. The largest absolute Gasteiger partial charge is 0.416 e. The number of thiazole rings is 1. The molecule has 1 atom stereocenters. The summed E-state index contributed by atoms with van der Waals surface area (Å²) >= 11 is 1.17. The minimum Gasteiger partial charge on any atom is -0.391 e. The number of aliphatic hydroxyl groups is 1. The van der Waals surface area contributed by atoms with Crippen molar-refractivity contribution in [3.05, 3.63) is 40.4 Å². The molecular weight excluding hydrogens is 355 g/mol. The summed E-state index contributed by atoms with van der Waals surface area (Å²) in [6.45, 7) is 0.584. The average Bonchev–Trinajstić information content (AvgIpc) is 3.03. The van der Waals surface area contributed by atoms with Crippen molar-refractivity contribution in [2.75, 3.05) is 6.61 Å². The van der Waals surface area contributed by atoms with Crippen molar-refractivity contribution in [3.8, 4) is 10.6 Å². The smallest absolute Gasteiger partial charge is 0.391 e. The van der Waals surface area contributed by atoms with E-state index in [2.05, 4.69) is 4.98 Å². The zero-order valence-corrected chi connectivity index (χ0v) is 14.2. The van der Waals surface area contributed by atoms with Crippen LogP contribution in [0.1, 0.15) is 35.4 Å². The molecule has 2 aromatic rings. The Labute approximate surface area is 147 Å². The molecule has 0 aliphatic carbocycles. The Hall–Kier alpha value is -1.48. The van der Waals surface area contributed by atoms with Crippen LogP contribution in [-0.2, 0) is 28.9 Å². The lowest BCUT2D eigenvalue weighted by Gasteiger charge is -2.22. The van der Waals surface area contributed by atoms with E-state index in [4.69, 9.17) is 9.47 Å². The molecule has 1 fully saturated rings. The highest BCUT2D eigenvalue weighted by Gasteiger charge is 2.30. The average molecular weight is 373 g/mol. The van der Waals surface area contributed by atoms with Gasteiger partial charge in [-0.25, -0.2) is 4.98 Å². The molecule has 0 bridgehead atoms. The summed E-state index contributed by atoms with van der Waals surface area (Å²) in [6, 6.07) is 5.01. The second-order valence-corrected chi connectivity index (χ2v) is 6.82. The molecule has 0 spiro atoms. The van der Waals surface area contributed by atoms with E-state index in [0.29, 0.717) is 27.7 Å². The van der Waals surface area contributed by atoms with E-state index < -0.39 is 11.7 Å². The van der Waals surface area contributed by atoms with Gasteiger partial charge in [0.05, 0.1) is 29.3 Å². The molecule has 25 heavy (non-hydrogen) atoms. The van der Waals surface area contributed by atoms with E-state index in [9.17, 15) is 18.3 Å². The van der Waals surface area contributed by atoms with Crippen molar-refractivity contribution in [1.29, 1.82) is 0 Å². The van der Waals surface area contributed by atoms with Gasteiger partial charge in [0.1, 0.15) is 5.01 Å². The third kappa shape index (κ3) is 4.58. The van der Waals surface area contributed by atoms with E-state index in [1.165, 1.54) is 17.4 Å². The lowest BCUT2D eigenvalue weighted by molar-refractivity contribution is -0.169. The molecular formula is C17H18F3NO3S. The van der Waals surface area contributed by atoms with E-state index in [0.717, 1.165) is 31.4 Å². The molecule has 3 rings (SSSR count). The molecule has 1 aromatic heterocycles. The van der Waals surface area contributed by atoms with Crippen molar-refractivity contribution in [2.45, 2.75) is 44.9 Å². The van der Waals surface area contributed by atoms with Gasteiger partial charge < -0.3 is 14.6 Å². The Morgan fingerprint density at radius 3 is 2.84 bits per heavy atom. The number of halogens is 3. The maximum Gasteiger partial charge on any atom is 0.416 e. The Kier molecular flexibility index (Phi) is 5.73. The van der Waals surface area contributed by atoms with Crippen LogP contribution in [0.5, 0.6) is 0 Å². The van der Waals surface area contributed by atoms with E-state index in [1.807, 2.05) is 0 Å². The number of nitrogens with zero attached hydrogens (tertiary/aromatic N) is 1. The Morgan fingerprint density at radius 2 is 2.16 bits per heavy atom. The maximum absolute atomic E-state index is 12.9. The molecule has 4 nitrogen and oxygen atoms in total. The molecule has 1 saturated heterocycles. The van der Waals surface area contributed by atoms with Crippen LogP contribution in [0, 0.1) is 0 Å². The summed E-state index contributed by atoms with van der Waals surface area (Å²) in [5, 5.41) is 9.93. The van der Waals surface area contributed by atoms with Gasteiger partial charge in [0.15, 0.2) is 6.29 Å². The van der Waals surface area contributed by atoms with Gasteiger partial charge in [0.2, 0.25) is 0 Å². The van der Waals surface area contributed by atoms with Crippen molar-refractivity contribution in [2.24, 2.45) is 0 Å². The summed E-state index contributed by atoms with van der Waals surface area (Å²) < 4.78 is 49.8. The first-order chi connectivity index (χ1) is 12.0. The highest BCUT2D eigenvalue weighted by atomic mass is 32.1. The molecule has 1 aromatic carbocycles. The number of aliphatic hydroxyl groups excluding tert-OH is 1. The van der Waals surface area contributed by atoms with E-state index in [1.54, 1.807) is 6.07 Å². The lowest BCUT2D eigenvalue weighted by Crippen LogP contribution is -2.22. The first kappa shape index (κ1) is 18.3. The number of aromatic nitrogens is 1. The predicted octanol–water partition coefficient (Wildman–Crippen LogP) is 4.36. The van der Waals surface area contributed by atoms with Crippen molar-refractivity contribution in [3.63, 3.8) is 0 Å². The summed E-state index contributed by atoms with van der Waals surface area (Å²) in [7, 11) is 0. The van der Waals surface area contributed by atoms with E-state index >= 15 is 0 Å². The molecule has 0 radical (unpaired) electrons. The standard InChI is InChI=1S/C17H18F3NO3S/c18-17(19,20)12-5-3-4-11(8-12)16-21-13(14(9-22)25-16)10-24-15-6-1-2-7-23-15/h3-5,8,15,22H,1-2,6-7,9-10H2. The van der Waals surface area contributed by atoms with Crippen LogP contribution in [-0.4, -0.2) is 23.0 Å². The minimum atomic E-state index is -4.41. The fourth-order valence-corrected chi connectivity index (χ4v) is 3.51. The Balaban J connectivity index is 1.78. The third-order valence-electron chi connectivity index (χ3n) is 3.90. The van der Waals surface area contributed by atoms with Crippen LogP contribution >= 0.6 is 11.3 Å². The fraction of sp³-hybridized carbons (Fsp3) is 0.471. The molecule has 0 saturated carbocycles. The van der Waals surface area contributed by atoms with Crippen LogP contribution in [0.4, 0.5) is 13.2 Å². The van der Waals surface area contributed by atoms with Gasteiger partial charge in [0, 0.05) is 12.2 Å². The predicted molar refractivity (Wildman–Crippen MR) is 86.9 cm³/mol. The molecule has 8 heteroatoms. The first-order valence-corrected chi connectivity index (χ1v) is 8.79. The van der Waals surface area contributed by atoms with Gasteiger partial charge in [0.25, 0.3) is 0 Å². The number of ether oxygens (including phenoxy) is 2. The Bertz CT molecular complexity index is 711. The normalized spacial score (nSPS) is 18.5. The summed E-state index contributed by atoms with van der Waals surface area (Å²) in [6.07, 6.45) is -1.85. The highest BCUT2D eigenvalue weighted by Crippen LogP contribution is 2.34. The SMILES string of the molecule is OCc1sc(-c2cccc(C(F)(F)F)c2)nc1COC1CCCCO1. The number of rotatable bonds is 5. The van der Waals surface area contributed by atoms with Gasteiger partial charge in [-0.2, -0.15) is 13.2 Å². The second kappa shape index (κ2) is 7.82. The summed E-state index contributed by atoms with van der Waals surface area (Å²) in [5.74, 6) is 0. The Morgan fingerprint density at radius 1 is 1.32 bits per heavy atom. The fourth-order valence-electron chi connectivity index (χ4n) is 2.59. The van der Waals surface area contributed by atoms with E-state index in [-0.39, 0.29) is 19.5 Å². The van der Waals surface area contributed by atoms with Gasteiger partial charge in [-0.3, -0.25) is 0 Å². The minimum absolute atomic E-state index is 0.163. The maximum atomic E-state index is 12.9. The molecule has 0 amide bonds. The monoisotopic (exact) mass is 373 g/mol. The first-order valence-electron chi connectivity index (χ1n) is 7.97. The molecule has 1 aliphatic rings. The van der Waals surface area contributed by atoms with Crippen LogP contribution in [0.15, 0.2) is 24.3 Å². The van der Waals surface area contributed by atoms with Crippen molar-refractivity contribution in [1.82, 2.24) is 4.98 Å². The number of benzene rings is 1. The van der Waals surface area contributed by atoms with Crippen LogP contribution < -0.4 is 0 Å². The van der Waals surface area contributed by atoms with Crippen LogP contribution in [0.2, 0.25) is 0 Å². The van der Waals surface area contributed by atoms with Crippen LogP contribution in [0.25, 0.3) is 10.6 Å². The third-order valence-corrected chi connectivity index (χ3v) is 5.03. The summed E-state index contributed by atoms with van der Waals surface area (Å²) in [4.78, 5) is 4.96.